The molecule has 0 rings (SSSR count). The average molecular weight is 422 g/mol. The van der Waals surface area contributed by atoms with Crippen LogP contribution in [0.15, 0.2) is 0 Å². The van der Waals surface area contributed by atoms with Crippen LogP contribution in [0.2, 0.25) is 0 Å². The molecule has 0 fully saturated rings. The predicted octanol–water partition coefficient (Wildman–Crippen LogP) is -2.81. The zero-order valence-corrected chi connectivity index (χ0v) is 18.8. The quantitative estimate of drug-likeness (QED) is 0.206. The van der Waals surface area contributed by atoms with Gasteiger partial charge in [-0.05, 0) is 5.92 Å². The molecule has 0 spiro atoms. The van der Waals surface area contributed by atoms with Gasteiger partial charge in [-0.2, -0.15) is 0 Å². The summed E-state index contributed by atoms with van der Waals surface area (Å²) in [5, 5.41) is 0. The van der Waals surface area contributed by atoms with Gasteiger partial charge in [-0.25, -0.2) is 0 Å². The fourth-order valence-corrected chi connectivity index (χ4v) is 2.88. The summed E-state index contributed by atoms with van der Waals surface area (Å²) < 4.78 is 0.346. The topological polar surface area (TPSA) is 17.1 Å². The summed E-state index contributed by atoms with van der Waals surface area (Å²) >= 11 is 1.70. The van der Waals surface area contributed by atoms with E-state index in [1.54, 1.807) is 20.4 Å². The Hall–Kier alpha value is 1.25. The molecule has 0 N–H and O–H groups in total. The average Bonchev–Trinajstić information content (AvgIpc) is 2.38. The van der Waals surface area contributed by atoms with Crippen LogP contribution in [0, 0.1) is 5.92 Å². The Morgan fingerprint density at radius 1 is 0.652 bits per heavy atom. The van der Waals surface area contributed by atoms with Crippen molar-refractivity contribution in [3.63, 3.8) is 0 Å². The van der Waals surface area contributed by atoms with Crippen LogP contribution in [0.1, 0.15) is 104 Å². The summed E-state index contributed by atoms with van der Waals surface area (Å²) in [7, 11) is 0. The molecular formula is C18H35Cl3OTi. The van der Waals surface area contributed by atoms with E-state index in [0.717, 1.165) is 18.8 Å². The SMILES string of the molecule is CC(C)CCCCCCCCCCCCCC[C](=O)[Ti+3].[Cl-].[Cl-].[Cl-]. The summed E-state index contributed by atoms with van der Waals surface area (Å²) in [4.78, 5) is 10.8. The second-order valence-electron chi connectivity index (χ2n) is 6.60. The predicted molar refractivity (Wildman–Crippen MR) is 84.5 cm³/mol. The van der Waals surface area contributed by atoms with E-state index in [2.05, 4.69) is 13.8 Å². The summed E-state index contributed by atoms with van der Waals surface area (Å²) in [5.41, 5.74) is 0. The minimum atomic E-state index is 0. The van der Waals surface area contributed by atoms with E-state index >= 15 is 0 Å². The molecule has 0 aromatic rings. The fraction of sp³-hybridized carbons (Fsp3) is 0.944. The van der Waals surface area contributed by atoms with Crippen LogP contribution >= 0.6 is 0 Å². The van der Waals surface area contributed by atoms with Crippen LogP contribution in [0.5, 0.6) is 0 Å². The molecule has 0 aromatic carbocycles. The van der Waals surface area contributed by atoms with Gasteiger partial charge in [0.05, 0.1) is 0 Å². The molecule has 0 unspecified atom stereocenters. The minimum absolute atomic E-state index is 0. The van der Waals surface area contributed by atoms with E-state index in [1.165, 1.54) is 77.0 Å². The van der Waals surface area contributed by atoms with Crippen molar-refractivity contribution in [2.24, 2.45) is 5.92 Å². The smallest absolute Gasteiger partial charge is 1.00 e. The van der Waals surface area contributed by atoms with Crippen molar-refractivity contribution in [1.82, 2.24) is 0 Å². The molecule has 0 heterocycles. The summed E-state index contributed by atoms with van der Waals surface area (Å²) in [6, 6.07) is 0. The molecule has 0 radical (unpaired) electrons. The van der Waals surface area contributed by atoms with Crippen molar-refractivity contribution in [3.05, 3.63) is 0 Å². The van der Waals surface area contributed by atoms with Crippen LogP contribution in [0.25, 0.3) is 0 Å². The standard InChI is InChI=1S/C18H35O.3ClH.Ti/c1-18(2)16-14-12-10-8-6-4-3-5-7-9-11-13-15-17-19;;;;/h18H,3-16H2,1-2H3;3*1H;/q;;;;+3/p-3. The van der Waals surface area contributed by atoms with Crippen LogP contribution in [0.3, 0.4) is 0 Å². The third kappa shape index (κ3) is 31.5. The van der Waals surface area contributed by atoms with E-state index in [9.17, 15) is 4.79 Å². The Morgan fingerprint density at radius 3 is 1.26 bits per heavy atom. The van der Waals surface area contributed by atoms with Crippen LogP contribution < -0.4 is 37.2 Å². The first-order chi connectivity index (χ1) is 9.63. The van der Waals surface area contributed by atoms with Crippen molar-refractivity contribution < 1.29 is 62.5 Å². The van der Waals surface area contributed by atoms with E-state index < -0.39 is 0 Å². The zero-order chi connectivity index (χ0) is 15.1. The van der Waals surface area contributed by atoms with E-state index in [1.807, 2.05) is 0 Å². The monoisotopic (exact) mass is 420 g/mol. The number of hydrogen-bond donors (Lipinski definition) is 0. The number of carbonyl (C=O) groups is 1. The molecule has 0 aliphatic heterocycles. The van der Waals surface area contributed by atoms with E-state index in [0.29, 0.717) is 4.09 Å². The summed E-state index contributed by atoms with van der Waals surface area (Å²) in [5.74, 6) is 0.880. The van der Waals surface area contributed by atoms with Gasteiger partial charge in [-0.1, -0.05) is 33.1 Å². The first-order valence-corrected chi connectivity index (χ1v) is 9.65. The second kappa shape index (κ2) is 25.5. The molecule has 0 saturated heterocycles. The Balaban J connectivity index is -0.000000602. The van der Waals surface area contributed by atoms with Gasteiger partial charge in [0, 0.05) is 0 Å². The van der Waals surface area contributed by atoms with Gasteiger partial charge >= 0.3 is 99.9 Å². The van der Waals surface area contributed by atoms with Gasteiger partial charge in [0.1, 0.15) is 0 Å². The van der Waals surface area contributed by atoms with Gasteiger partial charge < -0.3 is 37.2 Å². The van der Waals surface area contributed by atoms with E-state index in [4.69, 9.17) is 0 Å². The normalized spacial score (nSPS) is 9.78. The first kappa shape index (κ1) is 32.0. The zero-order valence-electron chi connectivity index (χ0n) is 15.0. The summed E-state index contributed by atoms with van der Waals surface area (Å²) in [6.45, 7) is 4.64. The first-order valence-electron chi connectivity index (χ1n) is 8.87. The van der Waals surface area contributed by atoms with Crippen molar-refractivity contribution >= 4 is 4.09 Å². The second-order valence-corrected chi connectivity index (χ2v) is 7.47. The molecule has 5 heteroatoms. The van der Waals surface area contributed by atoms with E-state index in [-0.39, 0.29) is 37.2 Å². The molecule has 0 saturated carbocycles. The number of hydrogen-bond acceptors (Lipinski definition) is 1. The van der Waals surface area contributed by atoms with Gasteiger partial charge in [-0.3, -0.25) is 0 Å². The molecule has 1 nitrogen and oxygen atoms in total. The van der Waals surface area contributed by atoms with Crippen molar-refractivity contribution in [1.29, 1.82) is 0 Å². The molecule has 0 amide bonds. The maximum absolute atomic E-state index is 10.8. The molecule has 138 valence electrons. The molecule has 0 atom stereocenters. The van der Waals surface area contributed by atoms with Gasteiger partial charge in [-0.15, -0.1) is 0 Å². The van der Waals surface area contributed by atoms with Crippen LogP contribution in [0.4, 0.5) is 0 Å². The van der Waals surface area contributed by atoms with Crippen LogP contribution in [-0.2, 0) is 25.2 Å². The minimum Gasteiger partial charge on any atom is -1.00 e. The van der Waals surface area contributed by atoms with Gasteiger partial charge in [0.25, 0.3) is 0 Å². The largest absolute Gasteiger partial charge is 1.00 e. The Bertz CT molecular complexity index is 226. The number of unbranched alkanes of at least 4 members (excludes halogenated alkanes) is 11. The number of halogens is 3. The van der Waals surface area contributed by atoms with Crippen molar-refractivity contribution in [2.45, 2.75) is 104 Å². The Morgan fingerprint density at radius 2 is 0.957 bits per heavy atom. The molecule has 0 aromatic heterocycles. The van der Waals surface area contributed by atoms with Crippen LogP contribution in [-0.4, -0.2) is 4.09 Å². The molecule has 0 aliphatic carbocycles. The fourth-order valence-electron chi connectivity index (χ4n) is 2.61. The molecule has 0 aliphatic rings. The Labute approximate surface area is 175 Å². The molecule has 0 bridgehead atoms. The third-order valence-corrected chi connectivity index (χ3v) is 4.33. The molecule has 23 heavy (non-hydrogen) atoms. The molecular weight excluding hydrogens is 386 g/mol. The maximum Gasteiger partial charge on any atom is -1.00 e. The van der Waals surface area contributed by atoms with Crippen molar-refractivity contribution in [2.75, 3.05) is 0 Å². The maximum atomic E-state index is 10.8. The van der Waals surface area contributed by atoms with Gasteiger partial charge in [0.15, 0.2) is 0 Å². The third-order valence-electron chi connectivity index (χ3n) is 3.94. The number of rotatable bonds is 15. The number of carbonyl (C=O) groups excluding carboxylic acids is 1. The van der Waals surface area contributed by atoms with Crippen molar-refractivity contribution in [3.8, 4) is 0 Å². The van der Waals surface area contributed by atoms with Gasteiger partial charge in [0.2, 0.25) is 0 Å². The Kier molecular flexibility index (Phi) is 35.4. The summed E-state index contributed by atoms with van der Waals surface area (Å²) in [6.07, 6.45) is 18.7.